The SMILES string of the molecule is Cc1ccc(C(=O)CCC(=O)NCCN2CCN(C)C[C@H]2c2ccccc2)s1. The van der Waals surface area contributed by atoms with Gasteiger partial charge in [-0.15, -0.1) is 11.3 Å². The zero-order valence-electron chi connectivity index (χ0n) is 16.7. The summed E-state index contributed by atoms with van der Waals surface area (Å²) in [4.78, 5) is 30.9. The van der Waals surface area contributed by atoms with Crippen molar-refractivity contribution in [3.63, 3.8) is 0 Å². The van der Waals surface area contributed by atoms with E-state index in [0.29, 0.717) is 12.6 Å². The predicted octanol–water partition coefficient (Wildman–Crippen LogP) is 3.12. The second-order valence-corrected chi connectivity index (χ2v) is 8.70. The van der Waals surface area contributed by atoms with Gasteiger partial charge in [-0.05, 0) is 31.7 Å². The number of benzene rings is 1. The van der Waals surface area contributed by atoms with E-state index in [1.165, 1.54) is 16.9 Å². The lowest BCUT2D eigenvalue weighted by atomic mass is 10.0. The first-order chi connectivity index (χ1) is 13.5. The Morgan fingerprint density at radius 3 is 2.61 bits per heavy atom. The lowest BCUT2D eigenvalue weighted by Crippen LogP contribution is -2.49. The van der Waals surface area contributed by atoms with E-state index in [0.717, 1.165) is 35.9 Å². The van der Waals surface area contributed by atoms with Gasteiger partial charge in [0.1, 0.15) is 0 Å². The van der Waals surface area contributed by atoms with E-state index in [-0.39, 0.29) is 24.5 Å². The molecule has 0 bridgehead atoms. The third-order valence-electron chi connectivity index (χ3n) is 5.19. The van der Waals surface area contributed by atoms with Gasteiger partial charge in [0.2, 0.25) is 5.91 Å². The lowest BCUT2D eigenvalue weighted by molar-refractivity contribution is -0.121. The van der Waals surface area contributed by atoms with Crippen LogP contribution >= 0.6 is 11.3 Å². The van der Waals surface area contributed by atoms with Crippen molar-refractivity contribution >= 4 is 23.0 Å². The Morgan fingerprint density at radius 2 is 1.89 bits per heavy atom. The molecule has 1 saturated heterocycles. The van der Waals surface area contributed by atoms with Crippen LogP contribution in [-0.4, -0.2) is 61.3 Å². The zero-order chi connectivity index (χ0) is 19.9. The number of amides is 1. The highest BCUT2D eigenvalue weighted by atomic mass is 32.1. The lowest BCUT2D eigenvalue weighted by Gasteiger charge is -2.40. The van der Waals surface area contributed by atoms with Gasteiger partial charge in [-0.1, -0.05) is 30.3 Å². The van der Waals surface area contributed by atoms with E-state index in [4.69, 9.17) is 0 Å². The molecule has 1 aromatic carbocycles. The van der Waals surface area contributed by atoms with E-state index in [9.17, 15) is 9.59 Å². The summed E-state index contributed by atoms with van der Waals surface area (Å²) in [6, 6.07) is 14.7. The van der Waals surface area contributed by atoms with Gasteiger partial charge >= 0.3 is 0 Å². The molecule has 0 radical (unpaired) electrons. The van der Waals surface area contributed by atoms with Crippen LogP contribution in [0.25, 0.3) is 0 Å². The number of nitrogens with one attached hydrogen (secondary N) is 1. The number of likely N-dealkylation sites (N-methyl/N-ethyl adjacent to an activating group) is 1. The van der Waals surface area contributed by atoms with Crippen LogP contribution in [0.15, 0.2) is 42.5 Å². The Labute approximate surface area is 171 Å². The van der Waals surface area contributed by atoms with Crippen molar-refractivity contribution in [2.75, 3.05) is 39.8 Å². The van der Waals surface area contributed by atoms with E-state index in [1.54, 1.807) is 0 Å². The molecule has 1 aliphatic rings. The molecule has 1 aromatic heterocycles. The van der Waals surface area contributed by atoms with Crippen LogP contribution in [0, 0.1) is 6.92 Å². The Hall–Kier alpha value is -2.02. The quantitative estimate of drug-likeness (QED) is 0.693. The predicted molar refractivity (Wildman–Crippen MR) is 114 cm³/mol. The fourth-order valence-corrected chi connectivity index (χ4v) is 4.41. The van der Waals surface area contributed by atoms with Gasteiger partial charge in [0.05, 0.1) is 4.88 Å². The second-order valence-electron chi connectivity index (χ2n) is 7.41. The summed E-state index contributed by atoms with van der Waals surface area (Å²) in [6.45, 7) is 6.42. The van der Waals surface area contributed by atoms with Crippen LogP contribution in [-0.2, 0) is 4.79 Å². The molecule has 1 atom stereocenters. The number of hydrogen-bond donors (Lipinski definition) is 1. The summed E-state index contributed by atoms with van der Waals surface area (Å²) in [6.07, 6.45) is 0.521. The van der Waals surface area contributed by atoms with Crippen LogP contribution in [0.4, 0.5) is 0 Å². The van der Waals surface area contributed by atoms with Crippen molar-refractivity contribution in [1.29, 1.82) is 0 Å². The molecule has 1 fully saturated rings. The number of hydrogen-bond acceptors (Lipinski definition) is 5. The number of nitrogens with zero attached hydrogens (tertiary/aromatic N) is 2. The number of carbonyl (C=O) groups is 2. The van der Waals surface area contributed by atoms with Gasteiger partial charge in [0, 0.05) is 56.5 Å². The maximum atomic E-state index is 12.1. The minimum atomic E-state index is -0.0491. The van der Waals surface area contributed by atoms with Crippen molar-refractivity contribution in [2.24, 2.45) is 0 Å². The number of thiophene rings is 1. The third kappa shape index (κ3) is 5.74. The number of carbonyl (C=O) groups excluding carboxylic acids is 2. The molecule has 2 aromatic rings. The molecule has 1 N–H and O–H groups in total. The van der Waals surface area contributed by atoms with Crippen molar-refractivity contribution in [3.05, 3.63) is 57.8 Å². The number of ketones is 1. The van der Waals surface area contributed by atoms with Crippen LogP contribution in [0.3, 0.4) is 0 Å². The summed E-state index contributed by atoms with van der Waals surface area (Å²) in [5.74, 6) is 0.00322. The molecule has 28 heavy (non-hydrogen) atoms. The highest BCUT2D eigenvalue weighted by molar-refractivity contribution is 7.14. The van der Waals surface area contributed by atoms with E-state index < -0.39 is 0 Å². The molecule has 1 aliphatic heterocycles. The first-order valence-corrected chi connectivity index (χ1v) is 10.7. The van der Waals surface area contributed by atoms with Crippen LogP contribution in [0.2, 0.25) is 0 Å². The third-order valence-corrected chi connectivity index (χ3v) is 6.24. The van der Waals surface area contributed by atoms with Crippen molar-refractivity contribution in [3.8, 4) is 0 Å². The van der Waals surface area contributed by atoms with Crippen molar-refractivity contribution in [2.45, 2.75) is 25.8 Å². The second kappa shape index (κ2) is 9.96. The highest BCUT2D eigenvalue weighted by Crippen LogP contribution is 2.24. The number of Topliss-reactive ketones (excluding diaryl/α,β-unsaturated/α-hetero) is 1. The Balaban J connectivity index is 1.44. The van der Waals surface area contributed by atoms with Gasteiger partial charge < -0.3 is 10.2 Å². The van der Waals surface area contributed by atoms with Crippen LogP contribution in [0.1, 0.15) is 39.0 Å². The average Bonchev–Trinajstić information content (AvgIpc) is 3.14. The van der Waals surface area contributed by atoms with E-state index in [2.05, 4.69) is 46.4 Å². The minimum absolute atomic E-state index is 0.0491. The molecule has 150 valence electrons. The molecule has 5 nitrogen and oxygen atoms in total. The summed E-state index contributed by atoms with van der Waals surface area (Å²) in [5.41, 5.74) is 1.32. The van der Waals surface area contributed by atoms with Gasteiger partial charge in [-0.25, -0.2) is 0 Å². The molecule has 0 unspecified atom stereocenters. The maximum absolute atomic E-state index is 12.1. The van der Waals surface area contributed by atoms with Gasteiger partial charge in [-0.3, -0.25) is 14.5 Å². The summed E-state index contributed by atoms with van der Waals surface area (Å²) >= 11 is 1.49. The molecule has 1 amide bonds. The Morgan fingerprint density at radius 1 is 1.11 bits per heavy atom. The molecular weight excluding hydrogens is 370 g/mol. The number of rotatable bonds is 8. The normalized spacial score (nSPS) is 18.1. The van der Waals surface area contributed by atoms with E-state index in [1.807, 2.05) is 25.1 Å². The molecule has 6 heteroatoms. The number of aryl methyl sites for hydroxylation is 1. The summed E-state index contributed by atoms with van der Waals surface area (Å²) in [7, 11) is 2.15. The minimum Gasteiger partial charge on any atom is -0.355 e. The van der Waals surface area contributed by atoms with Gasteiger partial charge in [0.25, 0.3) is 0 Å². The van der Waals surface area contributed by atoms with Crippen LogP contribution < -0.4 is 5.32 Å². The van der Waals surface area contributed by atoms with Gasteiger partial charge in [-0.2, -0.15) is 0 Å². The topological polar surface area (TPSA) is 52.7 Å². The molecule has 3 rings (SSSR count). The summed E-state index contributed by atoms with van der Waals surface area (Å²) in [5, 5.41) is 2.98. The van der Waals surface area contributed by atoms with E-state index >= 15 is 0 Å². The Bertz CT molecular complexity index is 790. The molecular formula is C22H29N3O2S. The monoisotopic (exact) mass is 399 g/mol. The van der Waals surface area contributed by atoms with Crippen LogP contribution in [0.5, 0.6) is 0 Å². The average molecular weight is 400 g/mol. The fraction of sp³-hybridized carbons (Fsp3) is 0.455. The van der Waals surface area contributed by atoms with Crippen molar-refractivity contribution < 1.29 is 9.59 Å². The first kappa shape index (κ1) is 20.7. The molecule has 0 saturated carbocycles. The fourth-order valence-electron chi connectivity index (χ4n) is 3.58. The van der Waals surface area contributed by atoms with Gasteiger partial charge in [0.15, 0.2) is 5.78 Å². The zero-order valence-corrected chi connectivity index (χ0v) is 17.5. The molecule has 0 spiro atoms. The molecule has 2 heterocycles. The number of piperazine rings is 1. The summed E-state index contributed by atoms with van der Waals surface area (Å²) < 4.78 is 0. The van der Waals surface area contributed by atoms with Crippen molar-refractivity contribution in [1.82, 2.24) is 15.1 Å². The standard InChI is InChI=1S/C22H29N3O2S/c1-17-8-10-21(28-17)20(26)9-11-22(27)23-12-13-25-15-14-24(2)16-19(25)18-6-4-3-5-7-18/h3-8,10,19H,9,11-16H2,1-2H3,(H,23,27)/t19-/m0/s1. The maximum Gasteiger partial charge on any atom is 0.220 e. The largest absolute Gasteiger partial charge is 0.355 e. The smallest absolute Gasteiger partial charge is 0.220 e. The molecule has 0 aliphatic carbocycles. The Kier molecular flexibility index (Phi) is 7.36. The first-order valence-electron chi connectivity index (χ1n) is 9.87. The highest BCUT2D eigenvalue weighted by Gasteiger charge is 2.26.